The van der Waals surface area contributed by atoms with Gasteiger partial charge in [0.15, 0.2) is 0 Å². The fourth-order valence-corrected chi connectivity index (χ4v) is 1.89. The van der Waals surface area contributed by atoms with Gasteiger partial charge < -0.3 is 10.1 Å². The lowest BCUT2D eigenvalue weighted by molar-refractivity contribution is 0.415. The van der Waals surface area contributed by atoms with Crippen molar-refractivity contribution in [2.24, 2.45) is 0 Å². The van der Waals surface area contributed by atoms with E-state index in [1.54, 1.807) is 7.11 Å². The molecule has 2 rings (SSSR count). The van der Waals surface area contributed by atoms with Gasteiger partial charge in [-0.2, -0.15) is 0 Å². The highest BCUT2D eigenvalue weighted by Crippen LogP contribution is 2.27. The lowest BCUT2D eigenvalue weighted by Crippen LogP contribution is -2.10. The van der Waals surface area contributed by atoms with Gasteiger partial charge in [-0.1, -0.05) is 0 Å². The maximum atomic E-state index is 5.26. The van der Waals surface area contributed by atoms with Crippen LogP contribution in [0.15, 0.2) is 24.3 Å². The van der Waals surface area contributed by atoms with E-state index in [1.807, 2.05) is 25.1 Å². The summed E-state index contributed by atoms with van der Waals surface area (Å²) in [6, 6.07) is 8.42. The quantitative estimate of drug-likeness (QED) is 0.877. The van der Waals surface area contributed by atoms with Crippen LogP contribution in [-0.4, -0.2) is 18.1 Å². The van der Waals surface area contributed by atoms with E-state index in [0.717, 1.165) is 28.0 Å². The molecule has 0 unspecified atom stereocenters. The molecule has 3 nitrogen and oxygen atoms in total. The molecule has 2 aromatic rings. The molecule has 3 heteroatoms. The van der Waals surface area contributed by atoms with Crippen molar-refractivity contribution >= 4 is 16.6 Å². The average molecular weight is 230 g/mol. The lowest BCUT2D eigenvalue weighted by atomic mass is 10.1. The molecule has 1 heterocycles. The standard InChI is InChI=1S/C14H18N2O/c1-9(2)15-14-7-10(3)16-13-6-5-11(17-4)8-12(13)14/h5-9H,1-4H3,(H,15,16). The summed E-state index contributed by atoms with van der Waals surface area (Å²) < 4.78 is 5.26. The number of methoxy groups -OCH3 is 1. The molecular weight excluding hydrogens is 212 g/mol. The summed E-state index contributed by atoms with van der Waals surface area (Å²) in [4.78, 5) is 4.52. The normalized spacial score (nSPS) is 10.9. The number of hydrogen-bond acceptors (Lipinski definition) is 3. The largest absolute Gasteiger partial charge is 0.497 e. The predicted molar refractivity (Wildman–Crippen MR) is 71.8 cm³/mol. The first-order valence-electron chi connectivity index (χ1n) is 5.82. The second-order valence-electron chi connectivity index (χ2n) is 4.49. The van der Waals surface area contributed by atoms with Gasteiger partial charge in [0.05, 0.1) is 12.6 Å². The number of aromatic nitrogens is 1. The van der Waals surface area contributed by atoms with E-state index < -0.39 is 0 Å². The molecule has 0 aliphatic carbocycles. The van der Waals surface area contributed by atoms with Crippen molar-refractivity contribution in [3.63, 3.8) is 0 Å². The SMILES string of the molecule is COc1ccc2nc(C)cc(NC(C)C)c2c1. The maximum absolute atomic E-state index is 5.26. The molecule has 0 saturated heterocycles. The Labute approximate surface area is 102 Å². The highest BCUT2D eigenvalue weighted by Gasteiger charge is 2.06. The van der Waals surface area contributed by atoms with Crippen molar-refractivity contribution in [3.8, 4) is 5.75 Å². The second-order valence-corrected chi connectivity index (χ2v) is 4.49. The number of benzene rings is 1. The van der Waals surface area contributed by atoms with Gasteiger partial charge in [0.1, 0.15) is 5.75 Å². The topological polar surface area (TPSA) is 34.1 Å². The van der Waals surface area contributed by atoms with Crippen molar-refractivity contribution in [1.29, 1.82) is 0 Å². The number of ether oxygens (including phenoxy) is 1. The van der Waals surface area contributed by atoms with Crippen LogP contribution in [0.5, 0.6) is 5.75 Å². The van der Waals surface area contributed by atoms with Gasteiger partial charge in [0.2, 0.25) is 0 Å². The van der Waals surface area contributed by atoms with Crippen LogP contribution in [0.2, 0.25) is 0 Å². The average Bonchev–Trinajstić information content (AvgIpc) is 2.27. The van der Waals surface area contributed by atoms with Crippen LogP contribution in [0.1, 0.15) is 19.5 Å². The van der Waals surface area contributed by atoms with E-state index in [2.05, 4.69) is 30.2 Å². The van der Waals surface area contributed by atoms with Crippen molar-refractivity contribution in [1.82, 2.24) is 4.98 Å². The van der Waals surface area contributed by atoms with E-state index in [0.29, 0.717) is 6.04 Å². The van der Waals surface area contributed by atoms with Gasteiger partial charge in [-0.3, -0.25) is 4.98 Å². The fourth-order valence-electron chi connectivity index (χ4n) is 1.89. The molecule has 0 aliphatic heterocycles. The number of aryl methyl sites for hydroxylation is 1. The minimum Gasteiger partial charge on any atom is -0.497 e. The third-order valence-electron chi connectivity index (χ3n) is 2.59. The number of anilines is 1. The number of pyridine rings is 1. The van der Waals surface area contributed by atoms with Crippen LogP contribution in [-0.2, 0) is 0 Å². The number of nitrogens with one attached hydrogen (secondary N) is 1. The smallest absolute Gasteiger partial charge is 0.119 e. The minimum absolute atomic E-state index is 0.395. The Balaban J connectivity index is 2.61. The van der Waals surface area contributed by atoms with Crippen LogP contribution in [0.25, 0.3) is 10.9 Å². The Kier molecular flexibility index (Phi) is 3.18. The third-order valence-corrected chi connectivity index (χ3v) is 2.59. The summed E-state index contributed by atoms with van der Waals surface area (Å²) in [5, 5.41) is 4.54. The highest BCUT2D eigenvalue weighted by molar-refractivity contribution is 5.92. The van der Waals surface area contributed by atoms with Gasteiger partial charge in [-0.15, -0.1) is 0 Å². The van der Waals surface area contributed by atoms with Crippen molar-refractivity contribution in [3.05, 3.63) is 30.0 Å². The van der Waals surface area contributed by atoms with Gasteiger partial charge >= 0.3 is 0 Å². The predicted octanol–water partition coefficient (Wildman–Crippen LogP) is 3.37. The van der Waals surface area contributed by atoms with Crippen molar-refractivity contribution < 1.29 is 4.74 Å². The van der Waals surface area contributed by atoms with Crippen molar-refractivity contribution in [2.45, 2.75) is 26.8 Å². The van der Waals surface area contributed by atoms with Crippen LogP contribution in [0, 0.1) is 6.92 Å². The molecule has 0 amide bonds. The first kappa shape index (κ1) is 11.7. The van der Waals surface area contributed by atoms with Gasteiger partial charge in [0.25, 0.3) is 0 Å². The Hall–Kier alpha value is -1.77. The van der Waals surface area contributed by atoms with E-state index in [9.17, 15) is 0 Å². The number of fused-ring (bicyclic) bond motifs is 1. The Bertz CT molecular complexity index is 535. The Morgan fingerprint density at radius 1 is 1.24 bits per heavy atom. The molecule has 1 aromatic heterocycles. The van der Waals surface area contributed by atoms with E-state index in [-0.39, 0.29) is 0 Å². The zero-order valence-electron chi connectivity index (χ0n) is 10.7. The molecule has 0 spiro atoms. The molecule has 17 heavy (non-hydrogen) atoms. The van der Waals surface area contributed by atoms with Gasteiger partial charge in [0, 0.05) is 22.8 Å². The minimum atomic E-state index is 0.395. The van der Waals surface area contributed by atoms with Gasteiger partial charge in [-0.25, -0.2) is 0 Å². The van der Waals surface area contributed by atoms with E-state index in [1.165, 1.54) is 0 Å². The molecule has 1 aromatic carbocycles. The van der Waals surface area contributed by atoms with Crippen LogP contribution >= 0.6 is 0 Å². The fraction of sp³-hybridized carbons (Fsp3) is 0.357. The monoisotopic (exact) mass is 230 g/mol. The zero-order valence-corrected chi connectivity index (χ0v) is 10.7. The number of nitrogens with zero attached hydrogens (tertiary/aromatic N) is 1. The molecule has 90 valence electrons. The first-order chi connectivity index (χ1) is 8.10. The molecule has 0 radical (unpaired) electrons. The van der Waals surface area contributed by atoms with Crippen LogP contribution in [0.4, 0.5) is 5.69 Å². The van der Waals surface area contributed by atoms with Crippen LogP contribution in [0.3, 0.4) is 0 Å². The lowest BCUT2D eigenvalue weighted by Gasteiger charge is -2.14. The van der Waals surface area contributed by atoms with E-state index in [4.69, 9.17) is 4.74 Å². The van der Waals surface area contributed by atoms with Crippen molar-refractivity contribution in [2.75, 3.05) is 12.4 Å². The molecule has 1 N–H and O–H groups in total. The molecular formula is C14H18N2O. The molecule has 0 atom stereocenters. The third kappa shape index (κ3) is 2.49. The zero-order chi connectivity index (χ0) is 12.4. The first-order valence-corrected chi connectivity index (χ1v) is 5.82. The number of hydrogen-bond donors (Lipinski definition) is 1. The molecule has 0 aliphatic rings. The summed E-state index contributed by atoms with van der Waals surface area (Å²) >= 11 is 0. The summed E-state index contributed by atoms with van der Waals surface area (Å²) in [5.74, 6) is 0.856. The molecule has 0 fully saturated rings. The Morgan fingerprint density at radius 2 is 2.00 bits per heavy atom. The summed E-state index contributed by atoms with van der Waals surface area (Å²) in [6.45, 7) is 6.26. The van der Waals surface area contributed by atoms with Gasteiger partial charge in [-0.05, 0) is 45.0 Å². The summed E-state index contributed by atoms with van der Waals surface area (Å²) in [6.07, 6.45) is 0. The molecule has 0 saturated carbocycles. The van der Waals surface area contributed by atoms with E-state index >= 15 is 0 Å². The highest BCUT2D eigenvalue weighted by atomic mass is 16.5. The second kappa shape index (κ2) is 4.62. The number of rotatable bonds is 3. The summed E-state index contributed by atoms with van der Waals surface area (Å²) in [7, 11) is 1.68. The molecule has 0 bridgehead atoms. The maximum Gasteiger partial charge on any atom is 0.119 e. The Morgan fingerprint density at radius 3 is 2.65 bits per heavy atom. The summed E-state index contributed by atoms with van der Waals surface area (Å²) in [5.41, 5.74) is 3.13. The van der Waals surface area contributed by atoms with Crippen LogP contribution < -0.4 is 10.1 Å².